The maximum Gasteiger partial charge on any atom is 0.220 e. The van der Waals surface area contributed by atoms with E-state index in [2.05, 4.69) is 67.8 Å². The van der Waals surface area contributed by atoms with Crippen molar-refractivity contribution in [1.29, 1.82) is 0 Å². The van der Waals surface area contributed by atoms with Gasteiger partial charge < -0.3 is 89.9 Å². The predicted octanol–water partition coefficient (Wildman–Crippen LogP) is 17.4. The van der Waals surface area contributed by atoms with Crippen molar-refractivity contribution in [3.05, 3.63) is 60.8 Å². The SMILES string of the molecule is CCCCCCC/C=C\C/C=C\CCCCCCCCCCCCCCCCCCCCCCCCCCCC(=O)NC(COC1OC(CO)C(OC2OC(CO)C(OC3OC(CO)C(O)C(O)C3O)C(O)C2O)C(O)C1O)C(O)/C=C/CC/C=C/CC/C=C/CCCCCCCCCCCCCCCCCCCC. The van der Waals surface area contributed by atoms with E-state index in [1.165, 1.54) is 295 Å². The third-order valence-electron chi connectivity index (χ3n) is 22.5. The van der Waals surface area contributed by atoms with Gasteiger partial charge in [0.15, 0.2) is 18.9 Å². The van der Waals surface area contributed by atoms with E-state index in [1.807, 2.05) is 6.08 Å². The van der Waals surface area contributed by atoms with E-state index >= 15 is 0 Å². The number of carbonyl (C=O) groups is 1. The lowest BCUT2D eigenvalue weighted by Gasteiger charge is -2.48. The number of nitrogens with one attached hydrogen (secondary N) is 1. The summed E-state index contributed by atoms with van der Waals surface area (Å²) in [4.78, 5) is 13.5. The van der Waals surface area contributed by atoms with Gasteiger partial charge in [0, 0.05) is 6.42 Å². The second-order valence-electron chi connectivity index (χ2n) is 32.4. The van der Waals surface area contributed by atoms with Crippen LogP contribution in [0.25, 0.3) is 0 Å². The minimum atomic E-state index is -1.98. The summed E-state index contributed by atoms with van der Waals surface area (Å²) in [6, 6.07) is -0.999. The van der Waals surface area contributed by atoms with Crippen molar-refractivity contribution in [3.63, 3.8) is 0 Å². The van der Waals surface area contributed by atoms with Crippen LogP contribution in [0.15, 0.2) is 60.8 Å². The zero-order valence-electron chi connectivity index (χ0n) is 69.5. The molecule has 644 valence electrons. The highest BCUT2D eigenvalue weighted by atomic mass is 16.8. The molecular weight excluding hydrogens is 1390 g/mol. The van der Waals surface area contributed by atoms with Crippen LogP contribution < -0.4 is 5.32 Å². The van der Waals surface area contributed by atoms with E-state index < -0.39 is 124 Å². The zero-order chi connectivity index (χ0) is 79.5. The highest BCUT2D eigenvalue weighted by molar-refractivity contribution is 5.76. The van der Waals surface area contributed by atoms with Crippen molar-refractivity contribution in [2.45, 2.75) is 484 Å². The normalized spacial score (nSPS) is 25.4. The summed E-state index contributed by atoms with van der Waals surface area (Å²) in [7, 11) is 0. The maximum absolute atomic E-state index is 13.5. The molecule has 12 N–H and O–H groups in total. The van der Waals surface area contributed by atoms with Gasteiger partial charge in [-0.2, -0.15) is 0 Å². The molecule has 0 aromatic heterocycles. The molecule has 19 heteroatoms. The van der Waals surface area contributed by atoms with Crippen molar-refractivity contribution in [2.24, 2.45) is 0 Å². The number of allylic oxidation sites excluding steroid dienone is 9. The number of rotatable bonds is 74. The molecule has 0 aromatic carbocycles. The fraction of sp³-hybridized carbons (Fsp3) is 0.879. The minimum Gasteiger partial charge on any atom is -0.394 e. The fourth-order valence-corrected chi connectivity index (χ4v) is 15.3. The summed E-state index contributed by atoms with van der Waals surface area (Å²) in [5.41, 5.74) is 0. The van der Waals surface area contributed by atoms with E-state index in [0.717, 1.165) is 51.4 Å². The van der Waals surface area contributed by atoms with Gasteiger partial charge in [-0.05, 0) is 77.0 Å². The standard InChI is InChI=1S/C91H167NO18/c1-3-5-7-9-11-13-15-17-19-21-23-25-27-29-31-33-34-35-36-37-38-39-40-41-43-45-47-49-51-53-55-57-59-61-63-65-67-69-79(97)92-74(75(96)68-66-64-62-60-58-56-54-52-50-48-46-44-42-32-30-28-26-24-22-20-18-16-14-12-10-8-6-4-2)73-105-89-85(103)82(100)87(77(71-94)107-89)110-91-86(104)83(101)88(78(72-95)108-91)109-90-84(102)81(99)80(98)76(70-93)106-90/h15,17,21,23,50,52,58,60,66,68,74-78,80-91,93-96,98-104H,3-14,16,18-20,22,24-49,51,53-57,59,61-65,67,69-73H2,1-2H3,(H,92,97)/b17-15-,23-21-,52-50+,60-58+,68-66+. The number of hydrogen-bond donors (Lipinski definition) is 12. The number of unbranched alkanes of at least 4 members (excludes halogenated alkanes) is 50. The Balaban J connectivity index is 1.33. The topological polar surface area (TPSA) is 307 Å². The molecule has 17 atom stereocenters. The lowest BCUT2D eigenvalue weighted by molar-refractivity contribution is -0.379. The number of hydrogen-bond acceptors (Lipinski definition) is 18. The summed E-state index contributed by atoms with van der Waals surface area (Å²) in [6.45, 7) is 1.76. The molecule has 1 amide bonds. The summed E-state index contributed by atoms with van der Waals surface area (Å²) >= 11 is 0. The van der Waals surface area contributed by atoms with E-state index in [4.69, 9.17) is 28.4 Å². The Bertz CT molecular complexity index is 2220. The molecule has 0 bridgehead atoms. The van der Waals surface area contributed by atoms with Crippen LogP contribution in [0.2, 0.25) is 0 Å². The van der Waals surface area contributed by atoms with Gasteiger partial charge in [0.25, 0.3) is 0 Å². The van der Waals surface area contributed by atoms with Crippen molar-refractivity contribution in [1.82, 2.24) is 5.32 Å². The van der Waals surface area contributed by atoms with Crippen LogP contribution in [0, 0.1) is 0 Å². The van der Waals surface area contributed by atoms with Gasteiger partial charge in [0.1, 0.15) is 73.2 Å². The first kappa shape index (κ1) is 102. The van der Waals surface area contributed by atoms with E-state index in [0.29, 0.717) is 12.8 Å². The minimum absolute atomic E-state index is 0.234. The van der Waals surface area contributed by atoms with Crippen molar-refractivity contribution < 1.29 is 89.4 Å². The second kappa shape index (κ2) is 70.7. The molecule has 3 rings (SSSR count). The molecule has 3 saturated heterocycles. The lowest BCUT2D eigenvalue weighted by atomic mass is 9.96. The number of aliphatic hydroxyl groups excluding tert-OH is 11. The van der Waals surface area contributed by atoms with Gasteiger partial charge in [-0.1, -0.05) is 357 Å². The Kier molecular flexibility index (Phi) is 65.3. The molecule has 3 heterocycles. The van der Waals surface area contributed by atoms with Crippen LogP contribution in [-0.4, -0.2) is 193 Å². The lowest BCUT2D eigenvalue weighted by Crippen LogP contribution is -2.66. The number of ether oxygens (including phenoxy) is 6. The average Bonchev–Trinajstić information content (AvgIpc) is 0.784. The van der Waals surface area contributed by atoms with E-state index in [-0.39, 0.29) is 18.9 Å². The Morgan fingerprint density at radius 1 is 0.327 bits per heavy atom. The quantitative estimate of drug-likeness (QED) is 0.0199. The molecule has 0 spiro atoms. The number of aliphatic hydroxyl groups is 11. The average molecular weight is 1560 g/mol. The smallest absolute Gasteiger partial charge is 0.220 e. The molecule has 3 aliphatic rings. The van der Waals surface area contributed by atoms with Crippen molar-refractivity contribution in [3.8, 4) is 0 Å². The monoisotopic (exact) mass is 1560 g/mol. The third kappa shape index (κ3) is 48.9. The first-order valence-corrected chi connectivity index (χ1v) is 45.5. The van der Waals surface area contributed by atoms with Gasteiger partial charge >= 0.3 is 0 Å². The van der Waals surface area contributed by atoms with Crippen LogP contribution in [0.5, 0.6) is 0 Å². The summed E-state index contributed by atoms with van der Waals surface area (Å²) < 4.78 is 34.5. The predicted molar refractivity (Wildman–Crippen MR) is 443 cm³/mol. The Morgan fingerprint density at radius 2 is 0.609 bits per heavy atom. The van der Waals surface area contributed by atoms with Gasteiger partial charge in [0.2, 0.25) is 5.91 Å². The summed E-state index contributed by atoms with van der Waals surface area (Å²) in [6.07, 6.45) is 66.7. The highest BCUT2D eigenvalue weighted by Gasteiger charge is 2.54. The molecule has 0 aliphatic carbocycles. The van der Waals surface area contributed by atoms with Crippen LogP contribution >= 0.6 is 0 Å². The second-order valence-corrected chi connectivity index (χ2v) is 32.4. The number of carbonyl (C=O) groups excluding carboxylic acids is 1. The number of amides is 1. The first-order valence-electron chi connectivity index (χ1n) is 45.5. The van der Waals surface area contributed by atoms with Gasteiger partial charge in [0.05, 0.1) is 38.6 Å². The molecule has 0 radical (unpaired) electrons. The molecule has 0 saturated carbocycles. The van der Waals surface area contributed by atoms with Gasteiger partial charge in [-0.25, -0.2) is 0 Å². The van der Waals surface area contributed by atoms with E-state index in [9.17, 15) is 61.0 Å². The molecule has 110 heavy (non-hydrogen) atoms. The van der Waals surface area contributed by atoms with E-state index in [1.54, 1.807) is 6.08 Å². The zero-order valence-corrected chi connectivity index (χ0v) is 69.5. The molecule has 17 unspecified atom stereocenters. The Hall–Kier alpha value is -2.51. The fourth-order valence-electron chi connectivity index (χ4n) is 15.3. The van der Waals surface area contributed by atoms with Gasteiger partial charge in [-0.3, -0.25) is 4.79 Å². The molecule has 3 aliphatic heterocycles. The maximum atomic E-state index is 13.5. The third-order valence-corrected chi connectivity index (χ3v) is 22.5. The summed E-state index contributed by atoms with van der Waals surface area (Å²) in [5, 5.41) is 121. The Labute approximate surface area is 668 Å². The van der Waals surface area contributed by atoms with Crippen LogP contribution in [0.3, 0.4) is 0 Å². The van der Waals surface area contributed by atoms with Crippen molar-refractivity contribution in [2.75, 3.05) is 26.4 Å². The van der Waals surface area contributed by atoms with Crippen molar-refractivity contribution >= 4 is 5.91 Å². The van der Waals surface area contributed by atoms with Gasteiger partial charge in [-0.15, -0.1) is 0 Å². The summed E-state index contributed by atoms with van der Waals surface area (Å²) in [5.74, 6) is -0.283. The highest BCUT2D eigenvalue weighted by Crippen LogP contribution is 2.34. The molecular formula is C91H167NO18. The largest absolute Gasteiger partial charge is 0.394 e. The molecule has 19 nitrogen and oxygen atoms in total. The first-order chi connectivity index (χ1) is 53.8. The molecule has 0 aromatic rings. The van der Waals surface area contributed by atoms with Crippen LogP contribution in [-0.2, 0) is 33.2 Å². The van der Waals surface area contributed by atoms with Crippen LogP contribution in [0.4, 0.5) is 0 Å². The Morgan fingerprint density at radius 3 is 0.964 bits per heavy atom. The van der Waals surface area contributed by atoms with Crippen LogP contribution in [0.1, 0.15) is 380 Å². The molecule has 3 fully saturated rings.